The summed E-state index contributed by atoms with van der Waals surface area (Å²) in [4.78, 5) is 0. The summed E-state index contributed by atoms with van der Waals surface area (Å²) in [6.07, 6.45) is 0.832. The highest BCUT2D eigenvalue weighted by molar-refractivity contribution is 6.11. The second kappa shape index (κ2) is 2.51. The van der Waals surface area contributed by atoms with Gasteiger partial charge in [-0.2, -0.15) is 0 Å². The smallest absolute Gasteiger partial charge is 0.156 e. The molecule has 44 valence electrons. The Bertz CT molecular complexity index is 76.8. The van der Waals surface area contributed by atoms with E-state index < -0.39 is 0 Å². The fourth-order valence-electron chi connectivity index (χ4n) is 0.690. The zero-order valence-corrected chi connectivity index (χ0v) is 4.96. The van der Waals surface area contributed by atoms with Gasteiger partial charge in [0, 0.05) is 6.00 Å². The highest BCUT2D eigenvalue weighted by atomic mass is 16.7. The van der Waals surface area contributed by atoms with Gasteiger partial charge in [-0.3, -0.25) is 0 Å². The highest BCUT2D eigenvalue weighted by Gasteiger charge is 2.19. The molecule has 0 aromatic heterocycles. The molecule has 1 saturated heterocycles. The van der Waals surface area contributed by atoms with E-state index >= 15 is 0 Å². The topological polar surface area (TPSA) is 18.5 Å². The molecule has 1 fully saturated rings. The normalized spacial score (nSPS) is 38.1. The van der Waals surface area contributed by atoms with Crippen LogP contribution in [-0.4, -0.2) is 26.7 Å². The Balaban J connectivity index is 2.22. The van der Waals surface area contributed by atoms with Crippen LogP contribution >= 0.6 is 0 Å². The lowest BCUT2D eigenvalue weighted by molar-refractivity contribution is -0.0480. The molecule has 2 nitrogen and oxygen atoms in total. The van der Waals surface area contributed by atoms with E-state index in [1.807, 2.05) is 6.92 Å². The fraction of sp³-hybridized carbons (Fsp3) is 1.00. The summed E-state index contributed by atoms with van der Waals surface area (Å²) in [7, 11) is 5.35. The Labute approximate surface area is 50.6 Å². The molecule has 2 radical (unpaired) electrons. The Morgan fingerprint density at radius 2 is 2.50 bits per heavy atom. The molecule has 0 aliphatic carbocycles. The summed E-state index contributed by atoms with van der Waals surface area (Å²) in [5, 5.41) is 0. The molecule has 1 aliphatic rings. The summed E-state index contributed by atoms with van der Waals surface area (Å²) < 4.78 is 10.1. The van der Waals surface area contributed by atoms with Gasteiger partial charge in [0.15, 0.2) is 6.29 Å². The van der Waals surface area contributed by atoms with Gasteiger partial charge < -0.3 is 9.47 Å². The lowest BCUT2D eigenvalue weighted by Crippen LogP contribution is -2.10. The van der Waals surface area contributed by atoms with Crippen molar-refractivity contribution < 1.29 is 9.47 Å². The Kier molecular flexibility index (Phi) is 1.92. The Hall–Kier alpha value is -0.0151. The monoisotopic (exact) mass is 112 g/mol. The van der Waals surface area contributed by atoms with Gasteiger partial charge in [-0.1, -0.05) is 6.92 Å². The highest BCUT2D eigenvalue weighted by Crippen LogP contribution is 2.10. The fourth-order valence-corrected chi connectivity index (χ4v) is 0.690. The summed E-state index contributed by atoms with van der Waals surface area (Å²) >= 11 is 0. The van der Waals surface area contributed by atoms with Gasteiger partial charge >= 0.3 is 0 Å². The molecular formula is C5H9BO2. The third kappa shape index (κ3) is 1.23. The van der Waals surface area contributed by atoms with Crippen molar-refractivity contribution in [3.63, 3.8) is 0 Å². The van der Waals surface area contributed by atoms with Gasteiger partial charge in [0.1, 0.15) is 7.85 Å². The second-order valence-corrected chi connectivity index (χ2v) is 1.85. The van der Waals surface area contributed by atoms with E-state index in [-0.39, 0.29) is 12.3 Å². The van der Waals surface area contributed by atoms with Crippen molar-refractivity contribution in [2.24, 2.45) is 0 Å². The molecule has 3 heteroatoms. The minimum Gasteiger partial charge on any atom is -0.357 e. The van der Waals surface area contributed by atoms with E-state index in [4.69, 9.17) is 17.3 Å². The Morgan fingerprint density at radius 3 is 2.75 bits per heavy atom. The van der Waals surface area contributed by atoms with Crippen molar-refractivity contribution in [2.45, 2.75) is 25.6 Å². The first-order chi connectivity index (χ1) is 3.83. The minimum atomic E-state index is -0.194. The van der Waals surface area contributed by atoms with Crippen LogP contribution in [0, 0.1) is 0 Å². The summed E-state index contributed by atoms with van der Waals surface area (Å²) in [6, 6.07) is -0.194. The van der Waals surface area contributed by atoms with Crippen LogP contribution in [0.25, 0.3) is 0 Å². The predicted octanol–water partition coefficient (Wildman–Crippen LogP) is 0.264. The van der Waals surface area contributed by atoms with Gasteiger partial charge in [-0.25, -0.2) is 0 Å². The van der Waals surface area contributed by atoms with Crippen LogP contribution in [0.4, 0.5) is 0 Å². The van der Waals surface area contributed by atoms with Gasteiger partial charge in [0.05, 0.1) is 6.61 Å². The van der Waals surface area contributed by atoms with Crippen LogP contribution < -0.4 is 0 Å². The minimum absolute atomic E-state index is 0.0509. The van der Waals surface area contributed by atoms with Crippen LogP contribution in [0.1, 0.15) is 13.3 Å². The molecule has 0 saturated carbocycles. The van der Waals surface area contributed by atoms with Crippen molar-refractivity contribution in [3.8, 4) is 0 Å². The maximum atomic E-state index is 5.35. The molecule has 1 rings (SSSR count). The maximum absolute atomic E-state index is 5.35. The van der Waals surface area contributed by atoms with Gasteiger partial charge in [-0.05, 0) is 6.42 Å². The van der Waals surface area contributed by atoms with Crippen LogP contribution in [0.3, 0.4) is 0 Å². The average Bonchev–Trinajstić information content (AvgIpc) is 2.14. The first-order valence-corrected chi connectivity index (χ1v) is 2.85. The first-order valence-electron chi connectivity index (χ1n) is 2.85. The summed E-state index contributed by atoms with van der Waals surface area (Å²) in [5.41, 5.74) is 0. The van der Waals surface area contributed by atoms with Crippen molar-refractivity contribution in [1.29, 1.82) is 0 Å². The van der Waals surface area contributed by atoms with E-state index in [1.54, 1.807) is 0 Å². The van der Waals surface area contributed by atoms with E-state index in [0.717, 1.165) is 6.42 Å². The number of ether oxygens (including phenoxy) is 2. The zero-order valence-electron chi connectivity index (χ0n) is 4.96. The molecule has 0 N–H and O–H groups in total. The SMILES string of the molecule is [B][C@@H]1COC(CC)O1. The lowest BCUT2D eigenvalue weighted by Gasteiger charge is -2.04. The third-order valence-corrected chi connectivity index (χ3v) is 1.11. The number of rotatable bonds is 1. The summed E-state index contributed by atoms with van der Waals surface area (Å²) in [6.45, 7) is 2.54. The summed E-state index contributed by atoms with van der Waals surface area (Å²) in [5.74, 6) is 0. The van der Waals surface area contributed by atoms with E-state index in [0.29, 0.717) is 6.61 Å². The van der Waals surface area contributed by atoms with Crippen LogP contribution in [0.5, 0.6) is 0 Å². The zero-order chi connectivity index (χ0) is 5.98. The average molecular weight is 112 g/mol. The first kappa shape index (κ1) is 6.11. The molecule has 0 aromatic rings. The Morgan fingerprint density at radius 1 is 1.75 bits per heavy atom. The van der Waals surface area contributed by atoms with Crippen molar-refractivity contribution in [1.82, 2.24) is 0 Å². The molecule has 0 spiro atoms. The quantitative estimate of drug-likeness (QED) is 0.453. The van der Waals surface area contributed by atoms with E-state index in [9.17, 15) is 0 Å². The van der Waals surface area contributed by atoms with Crippen molar-refractivity contribution in [3.05, 3.63) is 0 Å². The molecule has 0 bridgehead atoms. The van der Waals surface area contributed by atoms with Crippen LogP contribution in [0.2, 0.25) is 0 Å². The lowest BCUT2D eigenvalue weighted by atomic mass is 10.0. The molecule has 0 amide bonds. The molecule has 8 heavy (non-hydrogen) atoms. The molecule has 1 unspecified atom stereocenters. The largest absolute Gasteiger partial charge is 0.357 e. The number of hydrogen-bond acceptors (Lipinski definition) is 2. The third-order valence-electron chi connectivity index (χ3n) is 1.11. The molecule has 1 heterocycles. The van der Waals surface area contributed by atoms with Crippen LogP contribution in [-0.2, 0) is 9.47 Å². The van der Waals surface area contributed by atoms with Gasteiger partial charge in [-0.15, -0.1) is 0 Å². The second-order valence-electron chi connectivity index (χ2n) is 1.85. The molecular weight excluding hydrogens is 103 g/mol. The van der Waals surface area contributed by atoms with E-state index in [2.05, 4.69) is 0 Å². The van der Waals surface area contributed by atoms with Crippen molar-refractivity contribution in [2.75, 3.05) is 6.61 Å². The molecule has 1 aliphatic heterocycles. The number of hydrogen-bond donors (Lipinski definition) is 0. The van der Waals surface area contributed by atoms with E-state index in [1.165, 1.54) is 0 Å². The van der Waals surface area contributed by atoms with Crippen molar-refractivity contribution >= 4 is 7.85 Å². The molecule has 2 atom stereocenters. The maximum Gasteiger partial charge on any atom is 0.156 e. The predicted molar refractivity (Wildman–Crippen MR) is 30.7 cm³/mol. The van der Waals surface area contributed by atoms with Gasteiger partial charge in [0.25, 0.3) is 0 Å². The standard InChI is InChI=1S/C5H9BO2/c1-2-5-7-3-4(6)8-5/h4-5H,2-3H2,1H3/t4-,5?/m0/s1. The van der Waals surface area contributed by atoms with Gasteiger partial charge in [0.2, 0.25) is 0 Å². The molecule has 0 aromatic carbocycles. The van der Waals surface area contributed by atoms with Crippen LogP contribution in [0.15, 0.2) is 0 Å².